The zero-order chi connectivity index (χ0) is 25.5. The maximum Gasteiger partial charge on any atom is 0.287 e. The molecule has 188 valence electrons. The molecule has 0 radical (unpaired) electrons. The van der Waals surface area contributed by atoms with Gasteiger partial charge < -0.3 is 19.8 Å². The number of hydrogen-bond acceptors (Lipinski definition) is 5. The van der Waals surface area contributed by atoms with Crippen molar-refractivity contribution >= 4 is 23.4 Å². The summed E-state index contributed by atoms with van der Waals surface area (Å²) >= 11 is 0. The zero-order valence-electron chi connectivity index (χ0n) is 19.9. The number of hydrogen-bond donors (Lipinski definition) is 2. The van der Waals surface area contributed by atoms with E-state index in [9.17, 15) is 18.8 Å². The molecule has 0 bridgehead atoms. The Labute approximate surface area is 208 Å². The van der Waals surface area contributed by atoms with Crippen LogP contribution in [0.1, 0.15) is 47.8 Å². The van der Waals surface area contributed by atoms with E-state index in [1.807, 2.05) is 0 Å². The number of benzene rings is 2. The second-order valence-electron chi connectivity index (χ2n) is 8.57. The van der Waals surface area contributed by atoms with Crippen molar-refractivity contribution in [2.24, 2.45) is 0 Å². The summed E-state index contributed by atoms with van der Waals surface area (Å²) in [5.74, 6) is -1.41. The van der Waals surface area contributed by atoms with Crippen LogP contribution in [0.3, 0.4) is 0 Å². The number of methoxy groups -OCH3 is 1. The van der Waals surface area contributed by atoms with E-state index >= 15 is 0 Å². The van der Waals surface area contributed by atoms with Gasteiger partial charge in [-0.2, -0.15) is 0 Å². The van der Waals surface area contributed by atoms with Crippen molar-refractivity contribution in [3.8, 4) is 5.75 Å². The molecule has 3 amide bonds. The number of anilines is 1. The molecular weight excluding hydrogens is 465 g/mol. The van der Waals surface area contributed by atoms with Crippen LogP contribution < -0.4 is 20.3 Å². The third kappa shape index (κ3) is 5.91. The van der Waals surface area contributed by atoms with Crippen molar-refractivity contribution in [2.45, 2.75) is 37.8 Å². The maximum atomic E-state index is 13.7. The van der Waals surface area contributed by atoms with Gasteiger partial charge in [0, 0.05) is 11.7 Å². The summed E-state index contributed by atoms with van der Waals surface area (Å²) in [7, 11) is 1.51. The normalized spacial score (nSPS) is 14.2. The monoisotopic (exact) mass is 493 g/mol. The average Bonchev–Trinajstić information content (AvgIpc) is 3.61. The Morgan fingerprint density at radius 1 is 1.08 bits per heavy atom. The lowest BCUT2D eigenvalue weighted by Crippen LogP contribution is -2.49. The van der Waals surface area contributed by atoms with E-state index in [2.05, 4.69) is 10.6 Å². The molecule has 4 rings (SSSR count). The first-order valence-corrected chi connectivity index (χ1v) is 11.8. The van der Waals surface area contributed by atoms with Gasteiger partial charge in [-0.25, -0.2) is 4.39 Å². The summed E-state index contributed by atoms with van der Waals surface area (Å²) in [6, 6.07) is 14.1. The SMILES string of the molecule is COc1cccc([C@@H](C(=O)NC2CCCC2)N(C(=O)CNC(=O)c2ccco2)c2ccc(F)cc2)c1. The second kappa shape index (κ2) is 11.5. The molecule has 0 spiro atoms. The molecule has 1 atom stereocenters. The lowest BCUT2D eigenvalue weighted by Gasteiger charge is -2.32. The third-order valence-electron chi connectivity index (χ3n) is 6.14. The first-order chi connectivity index (χ1) is 17.5. The molecule has 2 aromatic carbocycles. The Balaban J connectivity index is 1.70. The fourth-order valence-corrected chi connectivity index (χ4v) is 4.35. The van der Waals surface area contributed by atoms with E-state index < -0.39 is 30.2 Å². The number of carbonyl (C=O) groups is 3. The zero-order valence-corrected chi connectivity index (χ0v) is 19.9. The summed E-state index contributed by atoms with van der Waals surface area (Å²) in [4.78, 5) is 40.9. The molecule has 9 heteroatoms. The topological polar surface area (TPSA) is 101 Å². The molecule has 1 fully saturated rings. The van der Waals surface area contributed by atoms with Gasteiger partial charge in [0.05, 0.1) is 19.9 Å². The molecule has 0 aliphatic heterocycles. The highest BCUT2D eigenvalue weighted by molar-refractivity contribution is 6.04. The van der Waals surface area contributed by atoms with E-state index in [0.717, 1.165) is 25.7 Å². The number of nitrogens with one attached hydrogen (secondary N) is 2. The summed E-state index contributed by atoms with van der Waals surface area (Å²) in [6.45, 7) is -0.409. The van der Waals surface area contributed by atoms with Crippen LogP contribution in [0.5, 0.6) is 5.75 Å². The number of halogens is 1. The van der Waals surface area contributed by atoms with Crippen LogP contribution >= 0.6 is 0 Å². The highest BCUT2D eigenvalue weighted by atomic mass is 19.1. The fourth-order valence-electron chi connectivity index (χ4n) is 4.35. The van der Waals surface area contributed by atoms with Crippen LogP contribution in [-0.4, -0.2) is 37.4 Å². The van der Waals surface area contributed by atoms with Crippen LogP contribution in [-0.2, 0) is 9.59 Å². The first-order valence-electron chi connectivity index (χ1n) is 11.8. The Morgan fingerprint density at radius 2 is 1.83 bits per heavy atom. The Kier molecular flexibility index (Phi) is 7.99. The Hall–Kier alpha value is -4.14. The van der Waals surface area contributed by atoms with Gasteiger partial charge in [0.15, 0.2) is 5.76 Å². The lowest BCUT2D eigenvalue weighted by atomic mass is 10.0. The summed E-state index contributed by atoms with van der Waals surface area (Å²) in [5.41, 5.74) is 0.822. The summed E-state index contributed by atoms with van der Waals surface area (Å²) in [6.07, 6.45) is 5.12. The highest BCUT2D eigenvalue weighted by Crippen LogP contribution is 2.31. The smallest absolute Gasteiger partial charge is 0.287 e. The largest absolute Gasteiger partial charge is 0.497 e. The van der Waals surface area contributed by atoms with Gasteiger partial charge in [-0.1, -0.05) is 25.0 Å². The van der Waals surface area contributed by atoms with Crippen molar-refractivity contribution in [1.82, 2.24) is 10.6 Å². The Bertz CT molecular complexity index is 1190. The van der Waals surface area contributed by atoms with Crippen molar-refractivity contribution in [3.63, 3.8) is 0 Å². The number of nitrogens with zero attached hydrogens (tertiary/aromatic N) is 1. The molecule has 36 heavy (non-hydrogen) atoms. The molecule has 0 unspecified atom stereocenters. The minimum absolute atomic E-state index is 0.00873. The number of carbonyl (C=O) groups excluding carboxylic acids is 3. The number of amides is 3. The third-order valence-corrected chi connectivity index (χ3v) is 6.14. The van der Waals surface area contributed by atoms with Crippen LogP contribution in [0.4, 0.5) is 10.1 Å². The quantitative estimate of drug-likeness (QED) is 0.470. The average molecular weight is 494 g/mol. The van der Waals surface area contributed by atoms with Crippen LogP contribution in [0.15, 0.2) is 71.3 Å². The molecule has 1 aliphatic rings. The van der Waals surface area contributed by atoms with Gasteiger partial charge in [-0.15, -0.1) is 0 Å². The van der Waals surface area contributed by atoms with Crippen molar-refractivity contribution in [1.29, 1.82) is 0 Å². The molecule has 2 N–H and O–H groups in total. The Morgan fingerprint density at radius 3 is 2.50 bits per heavy atom. The van der Waals surface area contributed by atoms with Crippen molar-refractivity contribution in [3.05, 3.63) is 84.1 Å². The van der Waals surface area contributed by atoms with Crippen molar-refractivity contribution in [2.75, 3.05) is 18.6 Å². The van der Waals surface area contributed by atoms with Gasteiger partial charge >= 0.3 is 0 Å². The summed E-state index contributed by atoms with van der Waals surface area (Å²) < 4.78 is 24.2. The molecule has 1 saturated carbocycles. The maximum absolute atomic E-state index is 13.7. The standard InChI is InChI=1S/C27H28FN3O5/c1-35-22-9-4-6-18(16-22)25(27(34)30-20-7-2-3-8-20)31(21-13-11-19(28)12-14-21)24(32)17-29-26(33)23-10-5-15-36-23/h4-6,9-16,20,25H,2-3,7-8,17H2,1H3,(H,29,33)(H,30,34)/t25-/m0/s1. The lowest BCUT2D eigenvalue weighted by molar-refractivity contribution is -0.126. The van der Waals surface area contributed by atoms with E-state index in [1.54, 1.807) is 30.3 Å². The molecule has 1 aliphatic carbocycles. The minimum atomic E-state index is -1.08. The number of ether oxygens (including phenoxy) is 1. The van der Waals surface area contributed by atoms with Gasteiger partial charge in [0.1, 0.15) is 17.6 Å². The molecular formula is C27H28FN3O5. The highest BCUT2D eigenvalue weighted by Gasteiger charge is 2.34. The molecule has 1 heterocycles. The molecule has 3 aromatic rings. The number of rotatable bonds is 9. The van der Waals surface area contributed by atoms with Crippen LogP contribution in [0.25, 0.3) is 0 Å². The van der Waals surface area contributed by atoms with E-state index in [4.69, 9.17) is 9.15 Å². The molecule has 1 aromatic heterocycles. The number of furan rings is 1. The van der Waals surface area contributed by atoms with Crippen LogP contribution in [0, 0.1) is 5.82 Å². The van der Waals surface area contributed by atoms with Crippen molar-refractivity contribution < 1.29 is 27.9 Å². The van der Waals surface area contributed by atoms with E-state index in [0.29, 0.717) is 17.0 Å². The van der Waals surface area contributed by atoms with E-state index in [-0.39, 0.29) is 17.7 Å². The second-order valence-corrected chi connectivity index (χ2v) is 8.57. The van der Waals surface area contributed by atoms with Crippen LogP contribution in [0.2, 0.25) is 0 Å². The fraction of sp³-hybridized carbons (Fsp3) is 0.296. The van der Waals surface area contributed by atoms with Gasteiger partial charge in [-0.3, -0.25) is 19.3 Å². The van der Waals surface area contributed by atoms with E-state index in [1.165, 1.54) is 48.6 Å². The summed E-state index contributed by atoms with van der Waals surface area (Å²) in [5, 5.41) is 5.60. The predicted molar refractivity (Wildman–Crippen MR) is 131 cm³/mol. The van der Waals surface area contributed by atoms with Gasteiger partial charge in [-0.05, 0) is 66.9 Å². The minimum Gasteiger partial charge on any atom is -0.497 e. The van der Waals surface area contributed by atoms with Gasteiger partial charge in [0.2, 0.25) is 11.8 Å². The predicted octanol–water partition coefficient (Wildman–Crippen LogP) is 3.99. The first kappa shape index (κ1) is 25.0. The van der Waals surface area contributed by atoms with Gasteiger partial charge in [0.25, 0.3) is 5.91 Å². The molecule has 0 saturated heterocycles. The molecule has 8 nitrogen and oxygen atoms in total.